The SMILES string of the molecule is CCCCn1c(=O)c2ccccc2n2c(SCC(=O)NC3CCC(C)CC3)nnc12. The van der Waals surface area contributed by atoms with Crippen molar-refractivity contribution in [3.05, 3.63) is 34.6 Å². The van der Waals surface area contributed by atoms with E-state index in [1.54, 1.807) is 4.57 Å². The molecule has 0 unspecified atom stereocenters. The Balaban J connectivity index is 1.58. The number of hydrogen-bond donors (Lipinski definition) is 1. The van der Waals surface area contributed by atoms with Crippen LogP contribution in [-0.4, -0.2) is 36.9 Å². The van der Waals surface area contributed by atoms with Gasteiger partial charge in [0.15, 0.2) is 5.16 Å². The molecular weight excluding hydrogens is 398 g/mol. The van der Waals surface area contributed by atoms with E-state index in [9.17, 15) is 9.59 Å². The van der Waals surface area contributed by atoms with Crippen LogP contribution in [0.5, 0.6) is 0 Å². The van der Waals surface area contributed by atoms with E-state index in [0.717, 1.165) is 37.1 Å². The van der Waals surface area contributed by atoms with Crippen molar-refractivity contribution in [2.24, 2.45) is 5.92 Å². The fourth-order valence-corrected chi connectivity index (χ4v) is 4.90. The van der Waals surface area contributed by atoms with Crippen molar-refractivity contribution in [2.45, 2.75) is 70.1 Å². The lowest BCUT2D eigenvalue weighted by Gasteiger charge is -2.26. The smallest absolute Gasteiger partial charge is 0.262 e. The lowest BCUT2D eigenvalue weighted by atomic mass is 9.87. The van der Waals surface area contributed by atoms with E-state index in [-0.39, 0.29) is 23.3 Å². The molecule has 0 bridgehead atoms. The van der Waals surface area contributed by atoms with Gasteiger partial charge in [-0.3, -0.25) is 18.6 Å². The summed E-state index contributed by atoms with van der Waals surface area (Å²) in [5, 5.41) is 13.1. The Morgan fingerprint density at radius 3 is 2.73 bits per heavy atom. The number of unbranched alkanes of at least 4 members (excludes halogenated alkanes) is 1. The molecule has 0 radical (unpaired) electrons. The van der Waals surface area contributed by atoms with Crippen molar-refractivity contribution >= 4 is 34.3 Å². The summed E-state index contributed by atoms with van der Waals surface area (Å²) in [6, 6.07) is 7.80. The molecule has 2 heterocycles. The number of para-hydroxylation sites is 1. The maximum absolute atomic E-state index is 13.0. The summed E-state index contributed by atoms with van der Waals surface area (Å²) >= 11 is 1.37. The van der Waals surface area contributed by atoms with Crippen molar-refractivity contribution < 1.29 is 4.79 Å². The molecule has 0 spiro atoms. The molecule has 1 saturated carbocycles. The highest BCUT2D eigenvalue weighted by Crippen LogP contribution is 2.24. The summed E-state index contributed by atoms with van der Waals surface area (Å²) in [7, 11) is 0. The highest BCUT2D eigenvalue weighted by Gasteiger charge is 2.21. The molecule has 3 aromatic rings. The van der Waals surface area contributed by atoms with E-state index in [1.807, 2.05) is 28.7 Å². The molecule has 1 aromatic carbocycles. The monoisotopic (exact) mass is 427 g/mol. The minimum absolute atomic E-state index is 0.0277. The zero-order valence-electron chi connectivity index (χ0n) is 17.6. The zero-order valence-corrected chi connectivity index (χ0v) is 18.5. The number of thioether (sulfide) groups is 1. The second-order valence-electron chi connectivity index (χ2n) is 8.26. The van der Waals surface area contributed by atoms with Gasteiger partial charge in [-0.2, -0.15) is 0 Å². The molecule has 0 atom stereocenters. The molecule has 0 aliphatic heterocycles. The van der Waals surface area contributed by atoms with Crippen LogP contribution in [-0.2, 0) is 11.3 Å². The lowest BCUT2D eigenvalue weighted by Crippen LogP contribution is -2.38. The lowest BCUT2D eigenvalue weighted by molar-refractivity contribution is -0.119. The number of amides is 1. The molecule has 1 fully saturated rings. The third-order valence-electron chi connectivity index (χ3n) is 5.93. The predicted molar refractivity (Wildman–Crippen MR) is 120 cm³/mol. The van der Waals surface area contributed by atoms with Gasteiger partial charge in [-0.15, -0.1) is 10.2 Å². The number of aryl methyl sites for hydroxylation is 1. The van der Waals surface area contributed by atoms with Gasteiger partial charge in [0.2, 0.25) is 11.7 Å². The highest BCUT2D eigenvalue weighted by molar-refractivity contribution is 7.99. The van der Waals surface area contributed by atoms with E-state index in [1.165, 1.54) is 24.6 Å². The van der Waals surface area contributed by atoms with Crippen LogP contribution in [0.2, 0.25) is 0 Å². The van der Waals surface area contributed by atoms with E-state index in [4.69, 9.17) is 0 Å². The van der Waals surface area contributed by atoms with Gasteiger partial charge >= 0.3 is 0 Å². The number of hydrogen-bond acceptors (Lipinski definition) is 5. The summed E-state index contributed by atoms with van der Waals surface area (Å²) < 4.78 is 3.61. The number of nitrogens with one attached hydrogen (secondary N) is 1. The zero-order chi connectivity index (χ0) is 21.1. The van der Waals surface area contributed by atoms with Crippen molar-refractivity contribution in [1.82, 2.24) is 24.5 Å². The fraction of sp³-hybridized carbons (Fsp3) is 0.545. The van der Waals surface area contributed by atoms with Gasteiger partial charge in [0.25, 0.3) is 5.56 Å². The van der Waals surface area contributed by atoms with Crippen LogP contribution in [0.25, 0.3) is 16.7 Å². The molecular formula is C22H29N5O2S. The Bertz CT molecular complexity index is 1100. The molecule has 1 aliphatic rings. The topological polar surface area (TPSA) is 81.3 Å². The quantitative estimate of drug-likeness (QED) is 0.582. The largest absolute Gasteiger partial charge is 0.353 e. The van der Waals surface area contributed by atoms with Crippen LogP contribution >= 0.6 is 11.8 Å². The predicted octanol–water partition coefficient (Wildman–Crippen LogP) is 3.63. The number of carbonyl (C=O) groups excluding carboxylic acids is 1. The Morgan fingerprint density at radius 2 is 1.97 bits per heavy atom. The fourth-order valence-electron chi connectivity index (χ4n) is 4.15. The maximum atomic E-state index is 13.0. The van der Waals surface area contributed by atoms with Gasteiger partial charge in [-0.25, -0.2) is 0 Å². The van der Waals surface area contributed by atoms with Crippen LogP contribution < -0.4 is 10.9 Å². The van der Waals surface area contributed by atoms with E-state index in [0.29, 0.717) is 22.9 Å². The molecule has 1 amide bonds. The Hall–Kier alpha value is -2.35. The first-order valence-electron chi connectivity index (χ1n) is 10.9. The Labute approximate surface area is 180 Å². The van der Waals surface area contributed by atoms with Crippen LogP contribution in [0, 0.1) is 5.92 Å². The van der Waals surface area contributed by atoms with Gasteiger partial charge in [0, 0.05) is 12.6 Å². The summed E-state index contributed by atoms with van der Waals surface area (Å²) in [6.07, 6.45) is 6.34. The van der Waals surface area contributed by atoms with Crippen LogP contribution in [0.15, 0.2) is 34.2 Å². The van der Waals surface area contributed by atoms with Gasteiger partial charge in [0.05, 0.1) is 16.7 Å². The van der Waals surface area contributed by atoms with Gasteiger partial charge < -0.3 is 5.32 Å². The van der Waals surface area contributed by atoms with Gasteiger partial charge in [-0.05, 0) is 50.2 Å². The number of rotatable bonds is 7. The van der Waals surface area contributed by atoms with Crippen molar-refractivity contribution in [3.8, 4) is 0 Å². The maximum Gasteiger partial charge on any atom is 0.262 e. The molecule has 4 rings (SSSR count). The first-order chi connectivity index (χ1) is 14.6. The van der Waals surface area contributed by atoms with E-state index < -0.39 is 0 Å². The van der Waals surface area contributed by atoms with Crippen molar-refractivity contribution in [2.75, 3.05) is 5.75 Å². The second kappa shape index (κ2) is 9.20. The summed E-state index contributed by atoms with van der Waals surface area (Å²) in [4.78, 5) is 25.5. The normalized spacial score (nSPS) is 19.4. The number of carbonyl (C=O) groups is 1. The summed E-state index contributed by atoms with van der Waals surface area (Å²) in [5.74, 6) is 1.61. The molecule has 7 nitrogen and oxygen atoms in total. The Kier molecular flexibility index (Phi) is 6.41. The first-order valence-corrected chi connectivity index (χ1v) is 11.9. The van der Waals surface area contributed by atoms with Crippen molar-refractivity contribution in [3.63, 3.8) is 0 Å². The van der Waals surface area contributed by atoms with Gasteiger partial charge in [0.1, 0.15) is 0 Å². The molecule has 8 heteroatoms. The number of nitrogens with zero attached hydrogens (tertiary/aromatic N) is 4. The molecule has 2 aromatic heterocycles. The molecule has 160 valence electrons. The summed E-state index contributed by atoms with van der Waals surface area (Å²) in [5.41, 5.74) is 0.735. The highest BCUT2D eigenvalue weighted by atomic mass is 32.2. The van der Waals surface area contributed by atoms with E-state index >= 15 is 0 Å². The third kappa shape index (κ3) is 4.24. The minimum atomic E-state index is -0.0419. The first kappa shape index (κ1) is 20.9. The van der Waals surface area contributed by atoms with Crippen LogP contribution in [0.4, 0.5) is 0 Å². The average Bonchev–Trinajstić information content (AvgIpc) is 3.18. The number of aromatic nitrogens is 4. The number of benzene rings is 1. The van der Waals surface area contributed by atoms with Crippen molar-refractivity contribution in [1.29, 1.82) is 0 Å². The van der Waals surface area contributed by atoms with E-state index in [2.05, 4.69) is 29.4 Å². The van der Waals surface area contributed by atoms with Gasteiger partial charge in [-0.1, -0.05) is 44.2 Å². The molecule has 0 saturated heterocycles. The Morgan fingerprint density at radius 1 is 1.20 bits per heavy atom. The molecule has 30 heavy (non-hydrogen) atoms. The minimum Gasteiger partial charge on any atom is -0.353 e. The summed E-state index contributed by atoms with van der Waals surface area (Å²) in [6.45, 7) is 4.97. The average molecular weight is 428 g/mol. The number of fused-ring (bicyclic) bond motifs is 3. The standard InChI is InChI=1S/C22H29N5O2S/c1-3-4-13-26-20(29)17-7-5-6-8-18(17)27-21(26)24-25-22(27)30-14-19(28)23-16-11-9-15(2)10-12-16/h5-8,15-16H,3-4,9-14H2,1-2H3,(H,23,28). The molecule has 1 N–H and O–H groups in total. The van der Waals surface area contributed by atoms with Crippen LogP contribution in [0.1, 0.15) is 52.4 Å². The second-order valence-corrected chi connectivity index (χ2v) is 9.20. The van der Waals surface area contributed by atoms with Crippen LogP contribution in [0.3, 0.4) is 0 Å². The molecule has 1 aliphatic carbocycles. The third-order valence-corrected chi connectivity index (χ3v) is 6.86.